The molecule has 0 atom stereocenters. The molecule has 670 valence electrons. The molecule has 5 N–H and O–H groups in total. The van der Waals surface area contributed by atoms with E-state index in [1.807, 2.05) is 78.2 Å². The zero-order valence-electron chi connectivity index (χ0n) is 71.5. The van der Waals surface area contributed by atoms with Crippen molar-refractivity contribution in [1.29, 1.82) is 0 Å². The second-order valence-electron chi connectivity index (χ2n) is 31.0. The number of benzene rings is 10. The Morgan fingerprint density at radius 2 is 0.538 bits per heavy atom. The molecule has 5 aliphatic rings. The molecule has 130 heavy (non-hydrogen) atoms. The number of phenolic OH excluding ortho intramolecular Hbond substituents is 5. The molecule has 0 aliphatic carbocycles. The third-order valence-corrected chi connectivity index (χ3v) is 25.1. The van der Waals surface area contributed by atoms with E-state index in [1.165, 1.54) is 199 Å². The number of rotatable bonds is 20. The van der Waals surface area contributed by atoms with Crippen LogP contribution in [0.15, 0.2) is 196 Å². The summed E-state index contributed by atoms with van der Waals surface area (Å²) in [6.07, 6.45) is 12.4. The number of halogens is 5. The lowest BCUT2D eigenvalue weighted by atomic mass is 10.1. The number of phenols is 5. The highest BCUT2D eigenvalue weighted by Crippen LogP contribution is 2.43. The molecule has 10 aromatic carbocycles. The average molecular weight is 1820 g/mol. The van der Waals surface area contributed by atoms with E-state index in [2.05, 4.69) is 117 Å². The zero-order valence-corrected chi connectivity index (χ0v) is 74.0. The summed E-state index contributed by atoms with van der Waals surface area (Å²) in [5.74, 6) is -4.00. The van der Waals surface area contributed by atoms with Crippen molar-refractivity contribution < 1.29 is 80.2 Å². The molecule has 0 spiro atoms. The van der Waals surface area contributed by atoms with Crippen molar-refractivity contribution in [3.63, 3.8) is 0 Å². The number of hydrogen-bond donors (Lipinski definition) is 5. The Hall–Kier alpha value is -14.1. The molecule has 0 radical (unpaired) electrons. The van der Waals surface area contributed by atoms with Crippen LogP contribution in [0, 0.1) is 29.1 Å². The Morgan fingerprint density at radius 3 is 0.900 bits per heavy atom. The van der Waals surface area contributed by atoms with Crippen LogP contribution in [0.25, 0.3) is 111 Å². The van der Waals surface area contributed by atoms with E-state index in [1.54, 1.807) is 12.1 Å². The third-order valence-electron chi connectivity index (χ3n) is 22.7. The van der Waals surface area contributed by atoms with Crippen molar-refractivity contribution >= 4 is 62.8 Å². The molecule has 15 aromatic rings. The summed E-state index contributed by atoms with van der Waals surface area (Å²) in [7, 11) is 6.85. The highest BCUT2D eigenvalue weighted by Gasteiger charge is 2.26. The Labute approximate surface area is 757 Å². The number of anilines is 5. The number of ether oxygens (including phenoxy) is 5. The van der Waals surface area contributed by atoms with E-state index in [0.29, 0.717) is 61.2 Å². The lowest BCUT2D eigenvalue weighted by Gasteiger charge is -2.17. The second kappa shape index (κ2) is 40.9. The van der Waals surface area contributed by atoms with Gasteiger partial charge in [0.25, 0.3) is 11.8 Å². The average Bonchev–Trinajstić information content (AvgIpc) is 1.65. The van der Waals surface area contributed by atoms with Gasteiger partial charge in [-0.1, -0.05) is 22.4 Å². The van der Waals surface area contributed by atoms with Crippen LogP contribution in [0.4, 0.5) is 50.4 Å². The molecule has 5 aromatic heterocycles. The van der Waals surface area contributed by atoms with Gasteiger partial charge in [-0.25, -0.2) is 36.9 Å². The van der Waals surface area contributed by atoms with Crippen molar-refractivity contribution in [2.45, 2.75) is 64.2 Å². The van der Waals surface area contributed by atoms with Gasteiger partial charge in [0.1, 0.15) is 15.0 Å². The van der Waals surface area contributed by atoms with Gasteiger partial charge in [-0.3, -0.25) is 0 Å². The molecule has 0 unspecified atom stereocenters. The minimum atomic E-state index is -0.811. The van der Waals surface area contributed by atoms with Gasteiger partial charge in [-0.15, -0.1) is 11.3 Å². The number of aromatic nitrogens is 9. The number of aromatic hydroxyl groups is 5. The summed E-state index contributed by atoms with van der Waals surface area (Å²) in [5.41, 5.74) is 13.7. The van der Waals surface area contributed by atoms with Crippen LogP contribution in [-0.4, -0.2) is 171 Å². The maximum atomic E-state index is 13.9. The van der Waals surface area contributed by atoms with Crippen LogP contribution in [-0.2, 0) is 0 Å². The van der Waals surface area contributed by atoms with Gasteiger partial charge in [0.2, 0.25) is 11.6 Å². The summed E-state index contributed by atoms with van der Waals surface area (Å²) < 4.78 is 113. The minimum absolute atomic E-state index is 0.00900. The van der Waals surface area contributed by atoms with E-state index in [9.17, 15) is 47.5 Å². The molecule has 5 fully saturated rings. The smallest absolute Gasteiger partial charge is 0.258 e. The standard InChI is InChI=1S/C20H19FN2O2S.2C19H18FN3O3.2C19H18FN3O2S/c1-25-18-11-14(10-16(21)19(18)24)20-22-17(12-26-20)13-4-6-15(7-5-13)23-8-2-3-9-23;1-25-16-11-13(10-15(20)17(16)24)18-21-19(26-22-18)12-4-6-14(7-5-12)23-8-2-3-9-23;1-25-16-11-13(10-15(20)17(16)24)19-21-18(22-26-19)12-4-6-14(7-5-12)23-8-2-3-9-23;1-25-16-11-13(10-15(20)17(16)24)18-21-19(26-22-18)12-4-6-14(7-5-12)23-8-2-3-9-23;1-25-16-11-13(10-15(20)17(16)24)19-21-18(22-26-19)12-4-6-14(7-5-12)23-8-2-3-9-23/h4-7,10-12,24H,2-3,8-9H2,1H3;4*4-7,10-11,24H,2-3,8-9H2,1H3. The molecule has 20 rings (SSSR count). The molecule has 10 heterocycles. The number of hydrogen-bond acceptors (Lipinski definition) is 29. The van der Waals surface area contributed by atoms with Crippen molar-refractivity contribution in [2.75, 3.05) is 125 Å². The summed E-state index contributed by atoms with van der Waals surface area (Å²) >= 11 is 3.88. The molecule has 34 heteroatoms. The molecule has 0 saturated carbocycles. The van der Waals surface area contributed by atoms with Crippen molar-refractivity contribution in [3.05, 3.63) is 216 Å². The van der Waals surface area contributed by atoms with Crippen molar-refractivity contribution in [3.8, 4) is 169 Å². The predicted molar refractivity (Wildman–Crippen MR) is 493 cm³/mol. The highest BCUT2D eigenvalue weighted by atomic mass is 32.1. The zero-order chi connectivity index (χ0) is 90.5. The molecule has 0 bridgehead atoms. The molecule has 5 saturated heterocycles. The maximum Gasteiger partial charge on any atom is 0.258 e. The van der Waals surface area contributed by atoms with Gasteiger partial charge in [-0.2, -0.15) is 18.7 Å². The first-order valence-electron chi connectivity index (χ1n) is 42.2. The maximum absolute atomic E-state index is 13.9. The fraction of sp³-hybridized carbons (Fsp3) is 0.260. The third kappa shape index (κ3) is 20.5. The van der Waals surface area contributed by atoms with Gasteiger partial charge in [0.05, 0.1) is 41.2 Å². The van der Waals surface area contributed by atoms with E-state index < -0.39 is 57.8 Å². The van der Waals surface area contributed by atoms with Crippen LogP contribution in [0.1, 0.15) is 64.2 Å². The Balaban J connectivity index is 0.000000119. The minimum Gasteiger partial charge on any atom is -0.502 e. The van der Waals surface area contributed by atoms with Gasteiger partial charge >= 0.3 is 0 Å². The lowest BCUT2D eigenvalue weighted by molar-refractivity contribution is 0.357. The van der Waals surface area contributed by atoms with Crippen LogP contribution in [0.2, 0.25) is 0 Å². The van der Waals surface area contributed by atoms with Crippen LogP contribution < -0.4 is 48.2 Å². The van der Waals surface area contributed by atoms with Gasteiger partial charge < -0.3 is 82.8 Å². The Kier molecular flexibility index (Phi) is 28.1. The SMILES string of the molecule is COc1cc(-c2nc(-c3ccc(N4CCCC4)cc3)cs2)cc(F)c1O.COc1cc(-c2nc(-c3ccc(N4CCCC4)cc3)no2)cc(F)c1O.COc1cc(-c2nc(-c3ccc(N4CCCC4)cc3)ns2)cc(F)c1O.COc1cc(-c2noc(-c3ccc(N4CCCC4)cc3)n2)cc(F)c1O.COc1cc(-c2nsc(-c3ccc(N4CCCC4)cc3)n2)cc(F)c1O. The van der Waals surface area contributed by atoms with Crippen molar-refractivity contribution in [1.82, 2.24) is 44.0 Å². The van der Waals surface area contributed by atoms with Crippen LogP contribution in [0.3, 0.4) is 0 Å². The van der Waals surface area contributed by atoms with Crippen LogP contribution in [0.5, 0.6) is 57.5 Å². The second-order valence-corrected chi connectivity index (χ2v) is 33.3. The fourth-order valence-electron chi connectivity index (χ4n) is 15.6. The van der Waals surface area contributed by atoms with E-state index in [0.717, 1.165) is 116 Å². The van der Waals surface area contributed by atoms with Gasteiger partial charge in [-0.05, 0) is 257 Å². The number of nitrogens with zero attached hydrogens (tertiary/aromatic N) is 14. The molecule has 26 nitrogen and oxygen atoms in total. The first-order chi connectivity index (χ1) is 63.3. The van der Waals surface area contributed by atoms with E-state index in [-0.39, 0.29) is 40.5 Å². The molecule has 0 amide bonds. The molecule has 5 aliphatic heterocycles. The fourth-order valence-corrected chi connectivity index (χ4v) is 17.8. The molecular weight excluding hydrogens is 1730 g/mol. The highest BCUT2D eigenvalue weighted by molar-refractivity contribution is 7.13. The summed E-state index contributed by atoms with van der Waals surface area (Å²) in [4.78, 5) is 34.1. The lowest BCUT2D eigenvalue weighted by Crippen LogP contribution is -2.17. The largest absolute Gasteiger partial charge is 0.502 e. The predicted octanol–water partition coefficient (Wildman–Crippen LogP) is 21.3. The quantitative estimate of drug-likeness (QED) is 0.0443. The summed E-state index contributed by atoms with van der Waals surface area (Å²) in [6.45, 7) is 11.0. The van der Waals surface area contributed by atoms with E-state index in [4.69, 9.17) is 32.7 Å². The first-order valence-corrected chi connectivity index (χ1v) is 44.6. The van der Waals surface area contributed by atoms with Gasteiger partial charge in [0, 0.05) is 155 Å². The van der Waals surface area contributed by atoms with Crippen molar-refractivity contribution in [2.24, 2.45) is 0 Å². The summed E-state index contributed by atoms with van der Waals surface area (Å²) in [5, 5.41) is 60.0. The first kappa shape index (κ1) is 89.3. The number of methoxy groups -OCH3 is 5. The summed E-state index contributed by atoms with van der Waals surface area (Å²) in [6, 6.07) is 54.4. The van der Waals surface area contributed by atoms with E-state index >= 15 is 0 Å². The Bertz CT molecular complexity index is 5490. The van der Waals surface area contributed by atoms with Gasteiger partial charge in [0.15, 0.2) is 98.2 Å². The number of thiazole rings is 1. The normalized spacial score (nSPS) is 14.0. The van der Waals surface area contributed by atoms with Crippen LogP contribution >= 0.6 is 34.4 Å². The Morgan fingerprint density at radius 1 is 0.277 bits per heavy atom. The monoisotopic (exact) mass is 1820 g/mol. The molecular formula is C96H91F5N14O12S3. The topological polar surface area (TPSA) is 306 Å².